The van der Waals surface area contributed by atoms with E-state index in [2.05, 4.69) is 25.0 Å². The summed E-state index contributed by atoms with van der Waals surface area (Å²) < 4.78 is 18.9. The largest absolute Gasteiger partial charge is 0.456 e. The van der Waals surface area contributed by atoms with Gasteiger partial charge in [0.15, 0.2) is 11.8 Å². The second kappa shape index (κ2) is 8.93. The zero-order valence-electron chi connectivity index (χ0n) is 19.4. The smallest absolute Gasteiger partial charge is 0.296 e. The maximum Gasteiger partial charge on any atom is 0.296 e. The third-order valence-corrected chi connectivity index (χ3v) is 6.98. The van der Waals surface area contributed by atoms with Crippen molar-refractivity contribution in [2.75, 3.05) is 13.2 Å². The maximum atomic E-state index is 9.94. The second-order valence-electron chi connectivity index (χ2n) is 9.02. The van der Waals surface area contributed by atoms with Crippen molar-refractivity contribution in [3.05, 3.63) is 72.3 Å². The molecule has 7 rings (SSSR count). The summed E-state index contributed by atoms with van der Waals surface area (Å²) in [5, 5.41) is 14.6. The van der Waals surface area contributed by atoms with Crippen LogP contribution in [0.5, 0.6) is 6.01 Å². The number of rotatable bonds is 5. The van der Waals surface area contributed by atoms with Crippen LogP contribution in [0.2, 0.25) is 5.02 Å². The van der Waals surface area contributed by atoms with E-state index in [0.717, 1.165) is 22.4 Å². The molecule has 0 spiro atoms. The average Bonchev–Trinajstić information content (AvgIpc) is 3.71. The molecule has 0 aliphatic carbocycles. The first-order valence-electron chi connectivity index (χ1n) is 11.8. The number of hydrogen-bond donors (Lipinski definition) is 2. The topological polar surface area (TPSA) is 120 Å². The summed E-state index contributed by atoms with van der Waals surface area (Å²) in [7, 11) is 0. The van der Waals surface area contributed by atoms with Crippen molar-refractivity contribution >= 4 is 22.8 Å². The fraction of sp³-hybridized carbons (Fsp3) is 0.231. The molecule has 11 heteroatoms. The molecule has 1 unspecified atom stereocenters. The van der Waals surface area contributed by atoms with Gasteiger partial charge in [0.25, 0.3) is 6.01 Å². The van der Waals surface area contributed by atoms with E-state index in [1.165, 1.54) is 6.33 Å². The fourth-order valence-corrected chi connectivity index (χ4v) is 5.07. The summed E-state index contributed by atoms with van der Waals surface area (Å²) in [5.41, 5.74) is 5.75. The van der Waals surface area contributed by atoms with E-state index in [-0.39, 0.29) is 24.9 Å². The average molecular weight is 517 g/mol. The van der Waals surface area contributed by atoms with Crippen LogP contribution < -0.4 is 4.74 Å². The number of fused-ring (bicyclic) bond motifs is 2. The number of pyridine rings is 1. The van der Waals surface area contributed by atoms with Crippen molar-refractivity contribution in [1.82, 2.24) is 29.7 Å². The molecule has 4 atom stereocenters. The molecule has 0 radical (unpaired) electrons. The van der Waals surface area contributed by atoms with Crippen LogP contribution in [0.25, 0.3) is 39.2 Å². The van der Waals surface area contributed by atoms with Gasteiger partial charge in [-0.25, -0.2) is 14.6 Å². The first-order chi connectivity index (χ1) is 18.1. The Hall–Kier alpha value is -3.83. The highest BCUT2D eigenvalue weighted by Crippen LogP contribution is 2.33. The van der Waals surface area contributed by atoms with Gasteiger partial charge in [0, 0.05) is 5.56 Å². The molecule has 2 aliphatic rings. The Labute approximate surface area is 215 Å². The first-order valence-corrected chi connectivity index (χ1v) is 12.2. The molecular weight excluding hydrogens is 496 g/mol. The quantitative estimate of drug-likeness (QED) is 0.364. The molecule has 0 saturated carbocycles. The van der Waals surface area contributed by atoms with Crippen LogP contribution >= 0.6 is 11.6 Å². The van der Waals surface area contributed by atoms with Crippen LogP contribution in [0.1, 0.15) is 0 Å². The summed E-state index contributed by atoms with van der Waals surface area (Å²) in [5.74, 6) is 0. The van der Waals surface area contributed by atoms with Gasteiger partial charge in [-0.05, 0) is 29.3 Å². The Bertz CT molecular complexity index is 1560. The first kappa shape index (κ1) is 22.4. The Morgan fingerprint density at radius 1 is 0.946 bits per heavy atom. The van der Waals surface area contributed by atoms with Gasteiger partial charge in [0.2, 0.25) is 0 Å². The molecule has 186 valence electrons. The van der Waals surface area contributed by atoms with E-state index >= 15 is 0 Å². The predicted molar refractivity (Wildman–Crippen MR) is 135 cm³/mol. The molecule has 2 aliphatic heterocycles. The number of imidazole rings is 1. The lowest BCUT2D eigenvalue weighted by Gasteiger charge is -2.15. The van der Waals surface area contributed by atoms with Crippen LogP contribution in [0.15, 0.2) is 67.3 Å². The van der Waals surface area contributed by atoms with Crippen molar-refractivity contribution in [3.8, 4) is 34.1 Å². The van der Waals surface area contributed by atoms with Crippen molar-refractivity contribution < 1.29 is 19.3 Å². The summed E-state index contributed by atoms with van der Waals surface area (Å²) >= 11 is 6.60. The van der Waals surface area contributed by atoms with Crippen LogP contribution in [0.4, 0.5) is 0 Å². The fourth-order valence-electron chi connectivity index (χ4n) is 4.81. The van der Waals surface area contributed by atoms with Gasteiger partial charge in [-0.3, -0.25) is 0 Å². The van der Waals surface area contributed by atoms with E-state index in [1.54, 1.807) is 17.1 Å². The number of ether oxygens (including phenoxy) is 3. The Kier molecular flexibility index (Phi) is 5.40. The number of nitrogens with zero attached hydrogens (tertiary/aromatic N) is 5. The lowest BCUT2D eigenvalue weighted by molar-refractivity contribution is 0.00706. The van der Waals surface area contributed by atoms with Crippen LogP contribution in [0.3, 0.4) is 0 Å². The van der Waals surface area contributed by atoms with Gasteiger partial charge >= 0.3 is 0 Å². The third kappa shape index (κ3) is 4.04. The molecule has 0 amide bonds. The van der Waals surface area contributed by atoms with Crippen LogP contribution in [-0.4, -0.2) is 72.5 Å². The van der Waals surface area contributed by atoms with E-state index in [9.17, 15) is 5.11 Å². The lowest BCUT2D eigenvalue weighted by Crippen LogP contribution is -2.34. The number of H-pyrrole nitrogens is 1. The van der Waals surface area contributed by atoms with Gasteiger partial charge < -0.3 is 24.3 Å². The molecular formula is C26H21ClN6O4. The maximum absolute atomic E-state index is 9.94. The number of hydrogen-bond acceptors (Lipinski definition) is 8. The van der Waals surface area contributed by atoms with Gasteiger partial charge in [-0.15, -0.1) is 0 Å². The normalized spacial score (nSPS) is 23.0. The standard InChI is InChI=1S/C26H21ClN6O4/c27-18-9-19-25(32-26(30-19)37-21-11-36-23-20(34)10-35-24(21)23)31-22(18)16-3-1-14(2-4-16)15-5-7-17(8-6-15)33-13-28-12-29-33/h1-9,12-13,20-21,23-24,34H,10-11H2,(H,30,31,32)/t20-,21-,23?,24-/m1/s1. The lowest BCUT2D eigenvalue weighted by atomic mass is 10.0. The molecule has 2 saturated heterocycles. The van der Waals surface area contributed by atoms with Gasteiger partial charge in [-0.2, -0.15) is 10.1 Å². The molecule has 2 N–H and O–H groups in total. The molecule has 2 fully saturated rings. The van der Waals surface area contributed by atoms with Crippen molar-refractivity contribution in [1.29, 1.82) is 0 Å². The minimum atomic E-state index is -0.636. The van der Waals surface area contributed by atoms with Gasteiger partial charge in [0.05, 0.1) is 35.1 Å². The summed E-state index contributed by atoms with van der Waals surface area (Å²) in [6, 6.07) is 18.2. The van der Waals surface area contributed by atoms with E-state index in [0.29, 0.717) is 34.5 Å². The highest BCUT2D eigenvalue weighted by atomic mass is 35.5. The minimum absolute atomic E-state index is 0.239. The highest BCUT2D eigenvalue weighted by Gasteiger charge is 2.48. The molecule has 5 heterocycles. The summed E-state index contributed by atoms with van der Waals surface area (Å²) in [4.78, 5) is 16.3. The van der Waals surface area contributed by atoms with Crippen molar-refractivity contribution in [3.63, 3.8) is 0 Å². The third-order valence-electron chi connectivity index (χ3n) is 6.69. The molecule has 2 aromatic carbocycles. The molecule has 37 heavy (non-hydrogen) atoms. The molecule has 10 nitrogen and oxygen atoms in total. The Morgan fingerprint density at radius 2 is 1.68 bits per heavy atom. The van der Waals surface area contributed by atoms with Crippen LogP contribution in [-0.2, 0) is 9.47 Å². The number of aromatic nitrogens is 6. The molecule has 3 aromatic heterocycles. The number of halogens is 1. The zero-order chi connectivity index (χ0) is 24.9. The Morgan fingerprint density at radius 3 is 2.43 bits per heavy atom. The number of aromatic amines is 1. The second-order valence-corrected chi connectivity index (χ2v) is 9.42. The summed E-state index contributed by atoms with van der Waals surface area (Å²) in [6.07, 6.45) is 1.48. The molecule has 0 bridgehead atoms. The number of benzene rings is 2. The number of nitrogens with one attached hydrogen (secondary N) is 1. The number of aliphatic hydroxyl groups excluding tert-OH is 1. The van der Waals surface area contributed by atoms with E-state index in [1.807, 2.05) is 48.5 Å². The highest BCUT2D eigenvalue weighted by molar-refractivity contribution is 6.33. The summed E-state index contributed by atoms with van der Waals surface area (Å²) in [6.45, 7) is 0.557. The van der Waals surface area contributed by atoms with Crippen LogP contribution in [0, 0.1) is 0 Å². The predicted octanol–water partition coefficient (Wildman–Crippen LogP) is 3.43. The SMILES string of the molecule is O[C@@H]1CO[C@H]2C1OC[C@H]2Oc1nc2nc(-c3ccc(-c4ccc(-n5cncn5)cc4)cc3)c(Cl)cc2[nH]1. The molecule has 5 aromatic rings. The van der Waals surface area contributed by atoms with E-state index < -0.39 is 6.10 Å². The van der Waals surface area contributed by atoms with Crippen molar-refractivity contribution in [2.45, 2.75) is 24.4 Å². The monoisotopic (exact) mass is 516 g/mol. The van der Waals surface area contributed by atoms with Gasteiger partial charge in [-0.1, -0.05) is 48.0 Å². The Balaban J connectivity index is 1.11. The van der Waals surface area contributed by atoms with E-state index in [4.69, 9.17) is 25.8 Å². The van der Waals surface area contributed by atoms with Crippen molar-refractivity contribution in [2.24, 2.45) is 0 Å². The zero-order valence-corrected chi connectivity index (χ0v) is 20.1. The van der Waals surface area contributed by atoms with Gasteiger partial charge in [0.1, 0.15) is 31.0 Å². The minimum Gasteiger partial charge on any atom is -0.456 e. The number of aliphatic hydroxyl groups is 1.